The van der Waals surface area contributed by atoms with Crippen LogP contribution in [0.5, 0.6) is 5.75 Å². The van der Waals surface area contributed by atoms with Crippen LogP contribution in [-0.4, -0.2) is 18.0 Å². The molecule has 0 aliphatic rings. The van der Waals surface area contributed by atoms with Gasteiger partial charge in [0.2, 0.25) is 0 Å². The second-order valence-electron chi connectivity index (χ2n) is 2.82. The molecule has 0 fully saturated rings. The van der Waals surface area contributed by atoms with Gasteiger partial charge in [-0.25, -0.2) is 0 Å². The van der Waals surface area contributed by atoms with E-state index in [2.05, 4.69) is 4.74 Å². The molecule has 0 aliphatic carbocycles. The van der Waals surface area contributed by atoms with E-state index in [0.29, 0.717) is 0 Å². The molecule has 88 valence electrons. The van der Waals surface area contributed by atoms with E-state index in [9.17, 15) is 18.0 Å². The molecule has 7 heteroatoms. The molecule has 1 aromatic rings. The number of hydrogen-bond donors (Lipinski definition) is 0. The van der Waals surface area contributed by atoms with Gasteiger partial charge in [-0.2, -0.15) is 13.2 Å². The highest BCUT2D eigenvalue weighted by molar-refractivity contribution is 6.67. The number of rotatable bonds is 3. The Kier molecular flexibility index (Phi) is 4.04. The third-order valence-electron chi connectivity index (χ3n) is 1.55. The number of halogens is 5. The molecule has 0 unspecified atom stereocenters. The lowest BCUT2D eigenvalue weighted by molar-refractivity contribution is -0.153. The van der Waals surface area contributed by atoms with E-state index < -0.39 is 18.0 Å². The minimum Gasteiger partial charge on any atom is -0.483 e. The van der Waals surface area contributed by atoms with Crippen molar-refractivity contribution in [2.75, 3.05) is 6.61 Å². The predicted molar refractivity (Wildman–Crippen MR) is 53.2 cm³/mol. The number of benzene rings is 1. The predicted octanol–water partition coefficient (Wildman–Crippen LogP) is 3.66. The first kappa shape index (κ1) is 13.1. The molecular weight excluding hydrogens is 268 g/mol. The van der Waals surface area contributed by atoms with E-state index in [-0.39, 0.29) is 16.3 Å². The van der Waals surface area contributed by atoms with Crippen molar-refractivity contribution in [2.45, 2.75) is 6.18 Å². The second-order valence-corrected chi connectivity index (χ2v) is 3.57. The van der Waals surface area contributed by atoms with Crippen LogP contribution in [0.1, 0.15) is 10.4 Å². The molecule has 0 heterocycles. The molecule has 0 saturated heterocycles. The fourth-order valence-corrected chi connectivity index (χ4v) is 1.25. The molecule has 0 aromatic heterocycles. The van der Waals surface area contributed by atoms with Gasteiger partial charge in [0.05, 0.1) is 5.02 Å². The van der Waals surface area contributed by atoms with Crippen molar-refractivity contribution in [3.63, 3.8) is 0 Å². The van der Waals surface area contributed by atoms with Gasteiger partial charge in [-0.15, -0.1) is 0 Å². The van der Waals surface area contributed by atoms with Gasteiger partial charge in [0.1, 0.15) is 5.75 Å². The Labute approximate surface area is 98.9 Å². The van der Waals surface area contributed by atoms with Gasteiger partial charge in [0.25, 0.3) is 5.24 Å². The number of hydrogen-bond acceptors (Lipinski definition) is 2. The largest absolute Gasteiger partial charge is 0.483 e. The Bertz CT molecular complexity index is 404. The second kappa shape index (κ2) is 4.93. The van der Waals surface area contributed by atoms with Gasteiger partial charge >= 0.3 is 6.18 Å². The van der Waals surface area contributed by atoms with Gasteiger partial charge in [-0.1, -0.05) is 11.6 Å². The smallest absolute Gasteiger partial charge is 0.422 e. The van der Waals surface area contributed by atoms with Gasteiger partial charge in [-0.3, -0.25) is 4.79 Å². The number of ether oxygens (including phenoxy) is 1. The summed E-state index contributed by atoms with van der Waals surface area (Å²) in [6.07, 6.45) is -4.44. The molecule has 0 radical (unpaired) electrons. The van der Waals surface area contributed by atoms with Gasteiger partial charge < -0.3 is 4.74 Å². The fraction of sp³-hybridized carbons (Fsp3) is 0.222. The van der Waals surface area contributed by atoms with Gasteiger partial charge in [-0.05, 0) is 29.8 Å². The molecule has 16 heavy (non-hydrogen) atoms. The zero-order valence-corrected chi connectivity index (χ0v) is 9.16. The van der Waals surface area contributed by atoms with Crippen molar-refractivity contribution in [3.8, 4) is 5.75 Å². The summed E-state index contributed by atoms with van der Waals surface area (Å²) >= 11 is 10.8. The SMILES string of the molecule is O=C(Cl)c1ccc(OCC(F)(F)F)c(Cl)c1. The molecule has 0 N–H and O–H groups in total. The van der Waals surface area contributed by atoms with Crippen molar-refractivity contribution >= 4 is 28.4 Å². The number of carbonyl (C=O) groups is 1. The molecule has 0 bridgehead atoms. The summed E-state index contributed by atoms with van der Waals surface area (Å²) in [4.78, 5) is 10.7. The Morgan fingerprint density at radius 3 is 2.44 bits per heavy atom. The van der Waals surface area contributed by atoms with Crippen molar-refractivity contribution in [2.24, 2.45) is 0 Å². The highest BCUT2D eigenvalue weighted by Gasteiger charge is 2.28. The lowest BCUT2D eigenvalue weighted by atomic mass is 10.2. The lowest BCUT2D eigenvalue weighted by Crippen LogP contribution is -2.19. The molecule has 0 aliphatic heterocycles. The van der Waals surface area contributed by atoms with Crippen molar-refractivity contribution in [1.82, 2.24) is 0 Å². The van der Waals surface area contributed by atoms with E-state index in [4.69, 9.17) is 23.2 Å². The van der Waals surface area contributed by atoms with Crippen LogP contribution in [0.2, 0.25) is 5.02 Å². The summed E-state index contributed by atoms with van der Waals surface area (Å²) in [5, 5.41) is -0.847. The average molecular weight is 273 g/mol. The van der Waals surface area contributed by atoms with Crippen LogP contribution in [0.3, 0.4) is 0 Å². The summed E-state index contributed by atoms with van der Waals surface area (Å²) in [6.45, 7) is -1.44. The monoisotopic (exact) mass is 272 g/mol. The normalized spacial score (nSPS) is 11.3. The van der Waals surface area contributed by atoms with Crippen molar-refractivity contribution in [3.05, 3.63) is 28.8 Å². The van der Waals surface area contributed by atoms with E-state index in [0.717, 1.165) is 12.1 Å². The van der Waals surface area contributed by atoms with Crippen LogP contribution in [0, 0.1) is 0 Å². The fourth-order valence-electron chi connectivity index (χ4n) is 0.900. The molecule has 0 atom stereocenters. The first-order valence-corrected chi connectivity index (χ1v) is 4.74. The molecule has 0 amide bonds. The molecule has 2 nitrogen and oxygen atoms in total. The number of alkyl halides is 3. The van der Waals surface area contributed by atoms with Crippen LogP contribution in [0.25, 0.3) is 0 Å². The summed E-state index contributed by atoms with van der Waals surface area (Å²) in [5.74, 6) is -0.152. The van der Waals surface area contributed by atoms with Crippen LogP contribution < -0.4 is 4.74 Å². The molecular formula is C9H5Cl2F3O2. The first-order valence-electron chi connectivity index (χ1n) is 3.98. The quantitative estimate of drug-likeness (QED) is 0.785. The topological polar surface area (TPSA) is 26.3 Å². The van der Waals surface area contributed by atoms with E-state index in [1.807, 2.05) is 0 Å². The third-order valence-corrected chi connectivity index (χ3v) is 2.06. The minimum atomic E-state index is -4.44. The highest BCUT2D eigenvalue weighted by Crippen LogP contribution is 2.27. The Hall–Kier alpha value is -0.940. The van der Waals surface area contributed by atoms with E-state index in [1.54, 1.807) is 0 Å². The highest BCUT2D eigenvalue weighted by atomic mass is 35.5. The molecule has 1 aromatic carbocycles. The Balaban J connectivity index is 2.80. The zero-order chi connectivity index (χ0) is 12.3. The summed E-state index contributed by atoms with van der Waals surface area (Å²) in [7, 11) is 0. The number of carbonyl (C=O) groups excluding carboxylic acids is 1. The van der Waals surface area contributed by atoms with Crippen LogP contribution in [-0.2, 0) is 0 Å². The maximum atomic E-state index is 11.8. The van der Waals surface area contributed by atoms with Crippen LogP contribution >= 0.6 is 23.2 Å². The molecule has 0 spiro atoms. The maximum Gasteiger partial charge on any atom is 0.422 e. The minimum absolute atomic E-state index is 0.0889. The van der Waals surface area contributed by atoms with E-state index >= 15 is 0 Å². The van der Waals surface area contributed by atoms with E-state index in [1.165, 1.54) is 6.07 Å². The average Bonchev–Trinajstić information content (AvgIpc) is 2.14. The van der Waals surface area contributed by atoms with Crippen LogP contribution in [0.4, 0.5) is 13.2 Å². The van der Waals surface area contributed by atoms with Gasteiger partial charge in [0, 0.05) is 5.56 Å². The van der Waals surface area contributed by atoms with Crippen molar-refractivity contribution in [1.29, 1.82) is 0 Å². The lowest BCUT2D eigenvalue weighted by Gasteiger charge is -2.10. The van der Waals surface area contributed by atoms with Gasteiger partial charge in [0.15, 0.2) is 6.61 Å². The van der Waals surface area contributed by atoms with Crippen LogP contribution in [0.15, 0.2) is 18.2 Å². The zero-order valence-electron chi connectivity index (χ0n) is 7.65. The first-order chi connectivity index (χ1) is 7.29. The third kappa shape index (κ3) is 3.90. The standard InChI is InChI=1S/C9H5Cl2F3O2/c10-6-3-5(8(11)15)1-2-7(6)16-4-9(12,13)14/h1-3H,4H2. The molecule has 1 rings (SSSR count). The Morgan fingerprint density at radius 2 is 2.00 bits per heavy atom. The maximum absolute atomic E-state index is 11.8. The summed E-state index contributed by atoms with van der Waals surface area (Å²) in [5.41, 5.74) is 0.0889. The summed E-state index contributed by atoms with van der Waals surface area (Å²) in [6, 6.07) is 3.53. The Morgan fingerprint density at radius 1 is 1.38 bits per heavy atom. The molecule has 0 saturated carbocycles. The van der Waals surface area contributed by atoms with Crippen molar-refractivity contribution < 1.29 is 22.7 Å². The summed E-state index contributed by atoms with van der Waals surface area (Å²) < 4.78 is 39.9.